The molecule has 1 fully saturated rings. The molecular formula is C17H27NO. The van der Waals surface area contributed by atoms with Crippen LogP contribution in [0.3, 0.4) is 0 Å². The van der Waals surface area contributed by atoms with Gasteiger partial charge in [-0.25, -0.2) is 0 Å². The lowest BCUT2D eigenvalue weighted by molar-refractivity contribution is 0.287. The fourth-order valence-electron chi connectivity index (χ4n) is 2.99. The number of ether oxygens (including phenoxy) is 1. The first kappa shape index (κ1) is 14.4. The third-order valence-corrected chi connectivity index (χ3v) is 4.43. The molecule has 2 nitrogen and oxygen atoms in total. The summed E-state index contributed by atoms with van der Waals surface area (Å²) < 4.78 is 5.17. The fourth-order valence-corrected chi connectivity index (χ4v) is 2.99. The highest BCUT2D eigenvalue weighted by molar-refractivity contribution is 5.27. The van der Waals surface area contributed by atoms with Crippen molar-refractivity contribution in [2.24, 2.45) is 5.92 Å². The number of hydrogen-bond acceptors (Lipinski definition) is 2. The van der Waals surface area contributed by atoms with E-state index < -0.39 is 0 Å². The van der Waals surface area contributed by atoms with Crippen LogP contribution in [0, 0.1) is 5.92 Å². The van der Waals surface area contributed by atoms with Gasteiger partial charge in [-0.2, -0.15) is 0 Å². The number of rotatable bonds is 6. The van der Waals surface area contributed by atoms with E-state index >= 15 is 0 Å². The molecule has 0 heterocycles. The Morgan fingerprint density at radius 2 is 1.79 bits per heavy atom. The molecule has 1 aromatic rings. The molecule has 0 amide bonds. The number of hydrogen-bond donors (Lipinski definition) is 1. The number of nitrogens with one attached hydrogen (secondary N) is 1. The van der Waals surface area contributed by atoms with Crippen LogP contribution in [0.1, 0.15) is 44.6 Å². The summed E-state index contributed by atoms with van der Waals surface area (Å²) in [5.41, 5.74) is 1.38. The highest BCUT2D eigenvalue weighted by Gasteiger charge is 2.18. The van der Waals surface area contributed by atoms with Crippen LogP contribution in [0.5, 0.6) is 5.75 Å². The summed E-state index contributed by atoms with van der Waals surface area (Å²) in [6.07, 6.45) is 8.02. The summed E-state index contributed by atoms with van der Waals surface area (Å²) in [6.45, 7) is 3.41. The molecule has 0 bridgehead atoms. The first-order valence-electron chi connectivity index (χ1n) is 7.68. The zero-order chi connectivity index (χ0) is 13.5. The Balaban J connectivity index is 1.66. The van der Waals surface area contributed by atoms with Crippen LogP contribution in [0.25, 0.3) is 0 Å². The van der Waals surface area contributed by atoms with E-state index in [-0.39, 0.29) is 0 Å². The highest BCUT2D eigenvalue weighted by atomic mass is 16.5. The summed E-state index contributed by atoms with van der Waals surface area (Å²) in [6, 6.07) is 9.16. The molecule has 1 aliphatic rings. The average molecular weight is 261 g/mol. The number of methoxy groups -OCH3 is 1. The third-order valence-electron chi connectivity index (χ3n) is 4.43. The van der Waals surface area contributed by atoms with Crippen molar-refractivity contribution in [3.63, 3.8) is 0 Å². The van der Waals surface area contributed by atoms with Gasteiger partial charge in [-0.3, -0.25) is 0 Å². The van der Waals surface area contributed by atoms with Gasteiger partial charge in [0, 0.05) is 6.04 Å². The van der Waals surface area contributed by atoms with Crippen LogP contribution in [-0.4, -0.2) is 19.7 Å². The molecule has 0 unspecified atom stereocenters. The smallest absolute Gasteiger partial charge is 0.118 e. The minimum absolute atomic E-state index is 0.751. The van der Waals surface area contributed by atoms with Crippen molar-refractivity contribution in [3.05, 3.63) is 29.8 Å². The van der Waals surface area contributed by atoms with Crippen molar-refractivity contribution in [1.82, 2.24) is 5.32 Å². The minimum atomic E-state index is 0.751. The predicted molar refractivity (Wildman–Crippen MR) is 80.7 cm³/mol. The van der Waals surface area contributed by atoms with Crippen LogP contribution in [0.15, 0.2) is 24.3 Å². The second-order valence-corrected chi connectivity index (χ2v) is 5.68. The topological polar surface area (TPSA) is 21.3 Å². The maximum atomic E-state index is 5.17. The van der Waals surface area contributed by atoms with E-state index in [1.165, 1.54) is 37.7 Å². The second kappa shape index (κ2) is 7.54. The van der Waals surface area contributed by atoms with Gasteiger partial charge in [0.1, 0.15) is 5.75 Å². The van der Waals surface area contributed by atoms with E-state index in [9.17, 15) is 0 Å². The molecule has 0 aromatic heterocycles. The number of benzene rings is 1. The molecule has 1 aliphatic carbocycles. The summed E-state index contributed by atoms with van der Waals surface area (Å²) in [7, 11) is 1.71. The van der Waals surface area contributed by atoms with Crippen LogP contribution < -0.4 is 10.1 Å². The summed E-state index contributed by atoms with van der Waals surface area (Å²) in [5, 5.41) is 3.71. The Kier molecular flexibility index (Phi) is 5.71. The molecule has 1 aromatic carbocycles. The zero-order valence-corrected chi connectivity index (χ0v) is 12.3. The highest BCUT2D eigenvalue weighted by Crippen LogP contribution is 2.26. The standard InChI is InChI=1S/C17H27NO/c1-3-14-4-8-16(9-5-14)18-13-12-15-6-10-17(19-2)11-7-15/h6-7,10-11,14,16,18H,3-5,8-9,12-13H2,1-2H3. The normalized spacial score (nSPS) is 23.3. The molecule has 19 heavy (non-hydrogen) atoms. The van der Waals surface area contributed by atoms with Gasteiger partial charge in [0.2, 0.25) is 0 Å². The van der Waals surface area contributed by atoms with Crippen molar-refractivity contribution < 1.29 is 4.74 Å². The molecule has 1 N–H and O–H groups in total. The zero-order valence-electron chi connectivity index (χ0n) is 12.3. The maximum absolute atomic E-state index is 5.17. The Labute approximate surface area is 117 Å². The first-order chi connectivity index (χ1) is 9.31. The van der Waals surface area contributed by atoms with Gasteiger partial charge in [-0.15, -0.1) is 0 Å². The van der Waals surface area contributed by atoms with Crippen LogP contribution in [0.4, 0.5) is 0 Å². The van der Waals surface area contributed by atoms with Crippen molar-refractivity contribution in [1.29, 1.82) is 0 Å². The average Bonchev–Trinajstić information content (AvgIpc) is 2.49. The Morgan fingerprint density at radius 1 is 1.11 bits per heavy atom. The van der Waals surface area contributed by atoms with E-state index in [0.29, 0.717) is 0 Å². The van der Waals surface area contributed by atoms with Crippen molar-refractivity contribution in [3.8, 4) is 5.75 Å². The molecule has 0 radical (unpaired) electrons. The lowest BCUT2D eigenvalue weighted by Crippen LogP contribution is -2.34. The first-order valence-corrected chi connectivity index (χ1v) is 7.68. The molecule has 0 aliphatic heterocycles. The van der Waals surface area contributed by atoms with E-state index in [1.54, 1.807) is 7.11 Å². The fraction of sp³-hybridized carbons (Fsp3) is 0.647. The van der Waals surface area contributed by atoms with Crippen molar-refractivity contribution in [2.75, 3.05) is 13.7 Å². The van der Waals surface area contributed by atoms with Gasteiger partial charge in [0.15, 0.2) is 0 Å². The lowest BCUT2D eigenvalue weighted by atomic mass is 9.84. The van der Waals surface area contributed by atoms with Gasteiger partial charge in [-0.1, -0.05) is 25.5 Å². The van der Waals surface area contributed by atoms with Crippen molar-refractivity contribution in [2.45, 2.75) is 51.5 Å². The van der Waals surface area contributed by atoms with E-state index in [0.717, 1.165) is 30.7 Å². The van der Waals surface area contributed by atoms with Gasteiger partial charge in [-0.05, 0) is 62.3 Å². The van der Waals surface area contributed by atoms with Crippen LogP contribution in [-0.2, 0) is 6.42 Å². The molecule has 2 heteroatoms. The predicted octanol–water partition coefficient (Wildman–Crippen LogP) is 3.80. The Hall–Kier alpha value is -1.02. The quantitative estimate of drug-likeness (QED) is 0.841. The van der Waals surface area contributed by atoms with Crippen LogP contribution in [0.2, 0.25) is 0 Å². The monoisotopic (exact) mass is 261 g/mol. The van der Waals surface area contributed by atoms with E-state index in [4.69, 9.17) is 4.74 Å². The Morgan fingerprint density at radius 3 is 2.37 bits per heavy atom. The van der Waals surface area contributed by atoms with Gasteiger partial charge < -0.3 is 10.1 Å². The van der Waals surface area contributed by atoms with Gasteiger partial charge >= 0.3 is 0 Å². The SMILES string of the molecule is CCC1CCC(NCCc2ccc(OC)cc2)CC1. The minimum Gasteiger partial charge on any atom is -0.497 e. The largest absolute Gasteiger partial charge is 0.497 e. The second-order valence-electron chi connectivity index (χ2n) is 5.68. The van der Waals surface area contributed by atoms with Crippen LogP contribution >= 0.6 is 0 Å². The molecule has 0 atom stereocenters. The molecular weight excluding hydrogens is 234 g/mol. The van der Waals surface area contributed by atoms with Crippen molar-refractivity contribution >= 4 is 0 Å². The molecule has 1 saturated carbocycles. The summed E-state index contributed by atoms with van der Waals surface area (Å²) in [4.78, 5) is 0. The van der Waals surface area contributed by atoms with E-state index in [2.05, 4.69) is 24.4 Å². The lowest BCUT2D eigenvalue weighted by Gasteiger charge is -2.28. The molecule has 0 spiro atoms. The molecule has 106 valence electrons. The summed E-state index contributed by atoms with van der Waals surface area (Å²) >= 11 is 0. The molecule has 2 rings (SSSR count). The van der Waals surface area contributed by atoms with E-state index in [1.807, 2.05) is 12.1 Å². The maximum Gasteiger partial charge on any atom is 0.118 e. The van der Waals surface area contributed by atoms with Gasteiger partial charge in [0.25, 0.3) is 0 Å². The Bertz CT molecular complexity index is 352. The third kappa shape index (κ3) is 4.54. The van der Waals surface area contributed by atoms with Gasteiger partial charge in [0.05, 0.1) is 7.11 Å². The summed E-state index contributed by atoms with van der Waals surface area (Å²) in [5.74, 6) is 1.93. The molecule has 0 saturated heterocycles.